The molecule has 0 atom stereocenters. The summed E-state index contributed by atoms with van der Waals surface area (Å²) in [6, 6.07) is 4.02. The predicted molar refractivity (Wildman–Crippen MR) is 67.2 cm³/mol. The average Bonchev–Trinajstić information content (AvgIpc) is 2.88. The molecule has 90 valence electrons. The van der Waals surface area contributed by atoms with E-state index in [2.05, 4.69) is 4.98 Å². The Balaban J connectivity index is 2.31. The Bertz CT molecular complexity index is 529. The fourth-order valence-corrected chi connectivity index (χ4v) is 2.49. The standard InChI is InChI=1S/C12H14N2O2S/c1-8-12(9-4-3-7-17-9)13-10(14(8)2)5-6-11(15)16/h3-4,7H,5-6H2,1-2H3,(H,15,16). The van der Waals surface area contributed by atoms with E-state index in [-0.39, 0.29) is 6.42 Å². The van der Waals surface area contributed by atoms with E-state index in [1.165, 1.54) is 0 Å². The molecule has 0 aliphatic heterocycles. The maximum atomic E-state index is 10.6. The first-order valence-corrected chi connectivity index (χ1v) is 6.25. The Morgan fingerprint density at radius 2 is 2.35 bits per heavy atom. The van der Waals surface area contributed by atoms with E-state index in [1.807, 2.05) is 36.1 Å². The zero-order valence-corrected chi connectivity index (χ0v) is 10.6. The van der Waals surface area contributed by atoms with Crippen LogP contribution in [0.5, 0.6) is 0 Å². The van der Waals surface area contributed by atoms with Crippen LogP contribution in [-0.4, -0.2) is 20.6 Å². The van der Waals surface area contributed by atoms with Crippen molar-refractivity contribution < 1.29 is 9.90 Å². The molecular formula is C12H14N2O2S. The van der Waals surface area contributed by atoms with E-state index in [9.17, 15) is 4.79 Å². The summed E-state index contributed by atoms with van der Waals surface area (Å²) in [6.45, 7) is 2.01. The van der Waals surface area contributed by atoms with Gasteiger partial charge in [-0.2, -0.15) is 0 Å². The topological polar surface area (TPSA) is 55.1 Å². The van der Waals surface area contributed by atoms with E-state index in [0.29, 0.717) is 6.42 Å². The van der Waals surface area contributed by atoms with Crippen molar-refractivity contribution in [3.63, 3.8) is 0 Å². The number of imidazole rings is 1. The van der Waals surface area contributed by atoms with Crippen LogP contribution in [0.1, 0.15) is 17.9 Å². The number of hydrogen-bond acceptors (Lipinski definition) is 3. The minimum absolute atomic E-state index is 0.119. The maximum absolute atomic E-state index is 10.6. The van der Waals surface area contributed by atoms with Crippen molar-refractivity contribution in [3.8, 4) is 10.6 Å². The molecule has 2 aromatic heterocycles. The highest BCUT2D eigenvalue weighted by atomic mass is 32.1. The molecule has 0 spiro atoms. The lowest BCUT2D eigenvalue weighted by atomic mass is 10.3. The van der Waals surface area contributed by atoms with Gasteiger partial charge in [-0.25, -0.2) is 4.98 Å². The summed E-state index contributed by atoms with van der Waals surface area (Å²) in [4.78, 5) is 16.2. The molecule has 0 saturated heterocycles. The van der Waals surface area contributed by atoms with Gasteiger partial charge in [-0.05, 0) is 18.4 Å². The molecule has 2 heterocycles. The summed E-state index contributed by atoms with van der Waals surface area (Å²) in [5, 5.41) is 10.7. The first-order chi connectivity index (χ1) is 8.09. The van der Waals surface area contributed by atoms with Crippen molar-refractivity contribution in [3.05, 3.63) is 29.0 Å². The number of hydrogen-bond donors (Lipinski definition) is 1. The van der Waals surface area contributed by atoms with Crippen LogP contribution in [0.15, 0.2) is 17.5 Å². The number of aromatic nitrogens is 2. The van der Waals surface area contributed by atoms with Crippen LogP contribution in [0.2, 0.25) is 0 Å². The van der Waals surface area contributed by atoms with Gasteiger partial charge in [-0.3, -0.25) is 4.79 Å². The summed E-state index contributed by atoms with van der Waals surface area (Å²) in [7, 11) is 1.93. The van der Waals surface area contributed by atoms with Gasteiger partial charge in [0.25, 0.3) is 0 Å². The smallest absolute Gasteiger partial charge is 0.303 e. The van der Waals surface area contributed by atoms with Gasteiger partial charge in [0.15, 0.2) is 0 Å². The summed E-state index contributed by atoms with van der Waals surface area (Å²) in [5.74, 6) is 0.0385. The highest BCUT2D eigenvalue weighted by molar-refractivity contribution is 7.13. The number of carbonyl (C=O) groups is 1. The molecule has 2 rings (SSSR count). The lowest BCUT2D eigenvalue weighted by molar-refractivity contribution is -0.137. The fourth-order valence-electron chi connectivity index (χ4n) is 1.73. The van der Waals surface area contributed by atoms with E-state index < -0.39 is 5.97 Å². The van der Waals surface area contributed by atoms with Crippen LogP contribution in [0, 0.1) is 6.92 Å². The second kappa shape index (κ2) is 4.71. The van der Waals surface area contributed by atoms with E-state index >= 15 is 0 Å². The van der Waals surface area contributed by atoms with Crippen molar-refractivity contribution in [1.82, 2.24) is 9.55 Å². The summed E-state index contributed by atoms with van der Waals surface area (Å²) in [5.41, 5.74) is 2.04. The largest absolute Gasteiger partial charge is 0.481 e. The van der Waals surface area contributed by atoms with Crippen molar-refractivity contribution >= 4 is 17.3 Å². The summed E-state index contributed by atoms with van der Waals surface area (Å²) < 4.78 is 1.97. The normalized spacial score (nSPS) is 10.7. The SMILES string of the molecule is Cc1c(-c2cccs2)nc(CCC(=O)O)n1C. The lowest BCUT2D eigenvalue weighted by Crippen LogP contribution is -2.03. The summed E-state index contributed by atoms with van der Waals surface area (Å²) >= 11 is 1.64. The number of aliphatic carboxylic acids is 1. The lowest BCUT2D eigenvalue weighted by Gasteiger charge is -2.00. The molecule has 0 fully saturated rings. The van der Waals surface area contributed by atoms with Crippen molar-refractivity contribution in [2.45, 2.75) is 19.8 Å². The number of rotatable bonds is 4. The molecule has 0 aromatic carbocycles. The Morgan fingerprint density at radius 3 is 2.94 bits per heavy atom. The molecule has 0 unspecified atom stereocenters. The molecule has 0 bridgehead atoms. The predicted octanol–water partition coefficient (Wildman–Crippen LogP) is 2.47. The van der Waals surface area contributed by atoms with Gasteiger partial charge < -0.3 is 9.67 Å². The molecule has 0 radical (unpaired) electrons. The van der Waals surface area contributed by atoms with Crippen LogP contribution in [0.4, 0.5) is 0 Å². The minimum Gasteiger partial charge on any atom is -0.481 e. The first-order valence-electron chi connectivity index (χ1n) is 5.37. The molecule has 0 amide bonds. The zero-order valence-electron chi connectivity index (χ0n) is 9.80. The molecule has 0 saturated carbocycles. The third-order valence-corrected chi connectivity index (χ3v) is 3.67. The van der Waals surface area contributed by atoms with Crippen LogP contribution in [0.25, 0.3) is 10.6 Å². The average molecular weight is 250 g/mol. The van der Waals surface area contributed by atoms with E-state index in [4.69, 9.17) is 5.11 Å². The Hall–Kier alpha value is -1.62. The Labute approximate surface area is 104 Å². The monoisotopic (exact) mass is 250 g/mol. The molecular weight excluding hydrogens is 236 g/mol. The number of carboxylic acid groups (broad SMARTS) is 1. The maximum Gasteiger partial charge on any atom is 0.303 e. The molecule has 1 N–H and O–H groups in total. The summed E-state index contributed by atoms with van der Waals surface area (Å²) in [6.07, 6.45) is 0.590. The van der Waals surface area contributed by atoms with Crippen LogP contribution in [-0.2, 0) is 18.3 Å². The number of carboxylic acids is 1. The number of nitrogens with zero attached hydrogens (tertiary/aromatic N) is 2. The van der Waals surface area contributed by atoms with Gasteiger partial charge >= 0.3 is 5.97 Å². The van der Waals surface area contributed by atoms with Gasteiger partial charge in [-0.15, -0.1) is 11.3 Å². The molecule has 4 nitrogen and oxygen atoms in total. The minimum atomic E-state index is -0.789. The Kier molecular flexibility index (Phi) is 3.28. The van der Waals surface area contributed by atoms with E-state index in [0.717, 1.165) is 22.1 Å². The second-order valence-electron chi connectivity index (χ2n) is 3.89. The molecule has 0 aliphatic rings. The van der Waals surface area contributed by atoms with Gasteiger partial charge in [0, 0.05) is 19.2 Å². The molecule has 5 heteroatoms. The van der Waals surface area contributed by atoms with Crippen molar-refractivity contribution in [1.29, 1.82) is 0 Å². The van der Waals surface area contributed by atoms with Crippen molar-refractivity contribution in [2.75, 3.05) is 0 Å². The number of thiophene rings is 1. The molecule has 0 aliphatic carbocycles. The van der Waals surface area contributed by atoms with Crippen molar-refractivity contribution in [2.24, 2.45) is 7.05 Å². The van der Waals surface area contributed by atoms with Crippen LogP contribution < -0.4 is 0 Å². The van der Waals surface area contributed by atoms with Crippen LogP contribution in [0.3, 0.4) is 0 Å². The highest BCUT2D eigenvalue weighted by Crippen LogP contribution is 2.27. The molecule has 17 heavy (non-hydrogen) atoms. The third-order valence-electron chi connectivity index (χ3n) is 2.79. The zero-order chi connectivity index (χ0) is 12.4. The van der Waals surface area contributed by atoms with Gasteiger partial charge in [0.05, 0.1) is 11.3 Å². The third kappa shape index (κ3) is 2.39. The molecule has 2 aromatic rings. The highest BCUT2D eigenvalue weighted by Gasteiger charge is 2.14. The Morgan fingerprint density at radius 1 is 1.59 bits per heavy atom. The second-order valence-corrected chi connectivity index (χ2v) is 4.84. The first kappa shape index (κ1) is 11.9. The van der Waals surface area contributed by atoms with Gasteiger partial charge in [0.2, 0.25) is 0 Å². The van der Waals surface area contributed by atoms with Crippen LogP contribution >= 0.6 is 11.3 Å². The quantitative estimate of drug-likeness (QED) is 0.907. The fraction of sp³-hybridized carbons (Fsp3) is 0.333. The van der Waals surface area contributed by atoms with Gasteiger partial charge in [-0.1, -0.05) is 6.07 Å². The van der Waals surface area contributed by atoms with Gasteiger partial charge in [0.1, 0.15) is 11.5 Å². The van der Waals surface area contributed by atoms with E-state index in [1.54, 1.807) is 11.3 Å². The number of aryl methyl sites for hydroxylation is 1.